The second-order valence-electron chi connectivity index (χ2n) is 3.53. The maximum absolute atomic E-state index is 3.21. The first-order valence-electron chi connectivity index (χ1n) is 3.58. The van der Waals surface area contributed by atoms with Gasteiger partial charge in [0.1, 0.15) is 0 Å². The van der Waals surface area contributed by atoms with Gasteiger partial charge in [-0.15, -0.1) is 0 Å². The summed E-state index contributed by atoms with van der Waals surface area (Å²) >= 11 is 0. The smallest absolute Gasteiger partial charge is 0.180 e. The van der Waals surface area contributed by atoms with Gasteiger partial charge in [0, 0.05) is 0 Å². The molecule has 0 aliphatic rings. The number of hydrogen-bond donors (Lipinski definition) is 0. The van der Waals surface area contributed by atoms with Gasteiger partial charge in [0.05, 0.1) is 0 Å². The van der Waals surface area contributed by atoms with Crippen LogP contribution in [0.15, 0.2) is 24.3 Å². The second kappa shape index (κ2) is 4.00. The predicted octanol–water partition coefficient (Wildman–Crippen LogP) is -0.212. The van der Waals surface area contributed by atoms with E-state index in [0.29, 0.717) is 0 Å². The van der Waals surface area contributed by atoms with Crippen LogP contribution in [0.25, 0.3) is 0 Å². The third-order valence-corrected chi connectivity index (χ3v) is 1.52. The van der Waals surface area contributed by atoms with Gasteiger partial charge in [-0.25, -0.2) is 0 Å². The molecule has 0 spiro atoms. The van der Waals surface area contributed by atoms with E-state index in [2.05, 4.69) is 39.0 Å². The van der Waals surface area contributed by atoms with Crippen LogP contribution in [-0.2, 0) is 5.41 Å². The first-order chi connectivity index (χ1) is 4.61. The van der Waals surface area contributed by atoms with Gasteiger partial charge in [-0.2, -0.15) is 35.9 Å². The average molecular weight is 140 g/mol. The van der Waals surface area contributed by atoms with Crippen LogP contribution in [0.5, 0.6) is 0 Å². The predicted molar refractivity (Wildman–Crippen MR) is 44.0 cm³/mol. The summed E-state index contributed by atoms with van der Waals surface area (Å²) in [5, 5.41) is 0. The molecule has 0 fully saturated rings. The second-order valence-corrected chi connectivity index (χ2v) is 3.53. The van der Waals surface area contributed by atoms with E-state index in [4.69, 9.17) is 0 Å². The Labute approximate surface area is 81.2 Å². The molecule has 0 aromatic heterocycles. The van der Waals surface area contributed by atoms with E-state index in [9.17, 15) is 0 Å². The van der Waals surface area contributed by atoms with Gasteiger partial charge >= 0.3 is 18.9 Å². The Bertz CT molecular complexity index is 196. The summed E-state index contributed by atoms with van der Waals surface area (Å²) in [6.07, 6.45) is 0. The molecule has 1 aromatic rings. The molecule has 54 valence electrons. The molecule has 0 aliphatic heterocycles. The molecule has 0 heterocycles. The standard InChI is InChI=1S/C10H13.Li/c1-10(2,3)9-7-5-4-6-8-9;/h4-7H,1-3H3;/q-1;+1. The van der Waals surface area contributed by atoms with Crippen LogP contribution in [0, 0.1) is 6.07 Å². The van der Waals surface area contributed by atoms with Crippen LogP contribution in [-0.4, -0.2) is 0 Å². The molecule has 1 aromatic carbocycles. The van der Waals surface area contributed by atoms with Gasteiger partial charge in [-0.1, -0.05) is 20.8 Å². The molecular weight excluding hydrogens is 127 g/mol. The summed E-state index contributed by atoms with van der Waals surface area (Å²) in [5.41, 5.74) is 1.51. The fraction of sp³-hybridized carbons (Fsp3) is 0.400. The van der Waals surface area contributed by atoms with Crippen molar-refractivity contribution in [3.8, 4) is 0 Å². The molecule has 0 aliphatic carbocycles. The van der Waals surface area contributed by atoms with Crippen molar-refractivity contribution in [2.45, 2.75) is 26.2 Å². The van der Waals surface area contributed by atoms with Crippen molar-refractivity contribution < 1.29 is 18.9 Å². The van der Waals surface area contributed by atoms with E-state index in [1.54, 1.807) is 0 Å². The van der Waals surface area contributed by atoms with Crippen molar-refractivity contribution in [3.63, 3.8) is 0 Å². The van der Waals surface area contributed by atoms with E-state index < -0.39 is 0 Å². The van der Waals surface area contributed by atoms with Crippen LogP contribution in [0.3, 0.4) is 0 Å². The molecule has 0 amide bonds. The quantitative estimate of drug-likeness (QED) is 0.345. The number of benzene rings is 1. The Balaban J connectivity index is 0.000001000. The summed E-state index contributed by atoms with van der Waals surface area (Å²) in [6, 6.07) is 11.3. The van der Waals surface area contributed by atoms with Gasteiger partial charge in [0.2, 0.25) is 0 Å². The van der Waals surface area contributed by atoms with Crippen molar-refractivity contribution in [1.29, 1.82) is 0 Å². The maximum atomic E-state index is 3.21. The Morgan fingerprint density at radius 1 is 1.18 bits per heavy atom. The third kappa shape index (κ3) is 3.14. The molecule has 1 heteroatoms. The largest absolute Gasteiger partial charge is 1.00 e. The molecule has 0 radical (unpaired) electrons. The minimum absolute atomic E-state index is 0. The maximum Gasteiger partial charge on any atom is 1.00 e. The van der Waals surface area contributed by atoms with Gasteiger partial charge in [-0.05, 0) is 5.41 Å². The summed E-state index contributed by atoms with van der Waals surface area (Å²) in [5.74, 6) is 0. The summed E-state index contributed by atoms with van der Waals surface area (Å²) in [4.78, 5) is 0. The zero-order valence-electron chi connectivity index (χ0n) is 7.81. The van der Waals surface area contributed by atoms with E-state index in [1.807, 2.05) is 12.1 Å². The Hall–Kier alpha value is -0.183. The van der Waals surface area contributed by atoms with E-state index in [0.717, 1.165) is 0 Å². The molecule has 1 rings (SSSR count). The van der Waals surface area contributed by atoms with Crippen LogP contribution in [0.2, 0.25) is 0 Å². The van der Waals surface area contributed by atoms with Gasteiger partial charge < -0.3 is 0 Å². The average Bonchev–Trinajstić information content (AvgIpc) is 1.88. The SMILES string of the molecule is CC(C)(C)c1[c-]cccc1.[Li+]. The minimum atomic E-state index is 0. The normalized spacial score (nSPS) is 10.5. The van der Waals surface area contributed by atoms with Gasteiger partial charge in [0.15, 0.2) is 0 Å². The van der Waals surface area contributed by atoms with E-state index in [1.165, 1.54) is 5.56 Å². The molecule has 0 unspecified atom stereocenters. The fourth-order valence-electron chi connectivity index (χ4n) is 0.860. The van der Waals surface area contributed by atoms with Crippen LogP contribution in [0.1, 0.15) is 26.3 Å². The topological polar surface area (TPSA) is 0 Å². The van der Waals surface area contributed by atoms with Crippen LogP contribution in [0.4, 0.5) is 0 Å². The zero-order valence-corrected chi connectivity index (χ0v) is 7.81. The molecule has 11 heavy (non-hydrogen) atoms. The summed E-state index contributed by atoms with van der Waals surface area (Å²) in [6.45, 7) is 6.58. The number of hydrogen-bond acceptors (Lipinski definition) is 0. The number of rotatable bonds is 0. The zero-order chi connectivity index (χ0) is 7.61. The van der Waals surface area contributed by atoms with Crippen molar-refractivity contribution >= 4 is 0 Å². The minimum Gasteiger partial charge on any atom is -0.180 e. The fourth-order valence-corrected chi connectivity index (χ4v) is 0.860. The first-order valence-corrected chi connectivity index (χ1v) is 3.58. The third-order valence-electron chi connectivity index (χ3n) is 1.52. The first kappa shape index (κ1) is 10.8. The van der Waals surface area contributed by atoms with E-state index >= 15 is 0 Å². The van der Waals surface area contributed by atoms with Crippen molar-refractivity contribution in [1.82, 2.24) is 0 Å². The summed E-state index contributed by atoms with van der Waals surface area (Å²) in [7, 11) is 0. The van der Waals surface area contributed by atoms with Crippen molar-refractivity contribution in [2.24, 2.45) is 0 Å². The molecule has 0 nitrogen and oxygen atoms in total. The molecule has 0 bridgehead atoms. The molecule has 0 atom stereocenters. The Morgan fingerprint density at radius 3 is 2.09 bits per heavy atom. The molecular formula is C10H13Li. The van der Waals surface area contributed by atoms with Crippen LogP contribution >= 0.6 is 0 Å². The Kier molecular flexibility index (Phi) is 3.93. The van der Waals surface area contributed by atoms with Crippen molar-refractivity contribution in [3.05, 3.63) is 35.9 Å². The van der Waals surface area contributed by atoms with E-state index in [-0.39, 0.29) is 24.3 Å². The summed E-state index contributed by atoms with van der Waals surface area (Å²) < 4.78 is 0. The molecule has 0 saturated carbocycles. The van der Waals surface area contributed by atoms with Crippen molar-refractivity contribution in [2.75, 3.05) is 0 Å². The van der Waals surface area contributed by atoms with Gasteiger partial charge in [0.25, 0.3) is 0 Å². The van der Waals surface area contributed by atoms with Crippen LogP contribution < -0.4 is 18.9 Å². The molecule has 0 saturated heterocycles. The molecule has 0 N–H and O–H groups in total. The van der Waals surface area contributed by atoms with Gasteiger partial charge in [-0.3, -0.25) is 0 Å². The Morgan fingerprint density at radius 2 is 1.82 bits per heavy atom. The monoisotopic (exact) mass is 140 g/mol.